The van der Waals surface area contributed by atoms with Crippen molar-refractivity contribution in [2.24, 2.45) is 0 Å². The summed E-state index contributed by atoms with van der Waals surface area (Å²) in [6, 6.07) is 17.3. The van der Waals surface area contributed by atoms with Crippen LogP contribution in [-0.4, -0.2) is 16.3 Å². The molecule has 1 aliphatic rings. The number of halogens is 2. The standard InChI is InChI=1S/C13H9.Al.2ClH/c1-3-7-12-10(5-1)9-11-6-2-4-8-13(11)12;;;/h1-9H;;2*1H. The van der Waals surface area contributed by atoms with Crippen LogP contribution < -0.4 is 0 Å². The van der Waals surface area contributed by atoms with E-state index in [-0.39, 0.29) is 24.8 Å². The van der Waals surface area contributed by atoms with E-state index in [9.17, 15) is 0 Å². The van der Waals surface area contributed by atoms with Crippen molar-refractivity contribution in [3.63, 3.8) is 0 Å². The Hall–Kier alpha value is -0.448. The predicted molar refractivity (Wildman–Crippen MR) is 74.0 cm³/mol. The molecule has 0 aromatic heterocycles. The van der Waals surface area contributed by atoms with Crippen molar-refractivity contribution in [1.82, 2.24) is 0 Å². The molecule has 3 heteroatoms. The van der Waals surface area contributed by atoms with Gasteiger partial charge in [0.1, 0.15) is 16.3 Å². The highest BCUT2D eigenvalue weighted by molar-refractivity contribution is 6.17. The second kappa shape index (κ2) is 5.26. The Kier molecular flexibility index (Phi) is 4.47. The Morgan fingerprint density at radius 2 is 1.06 bits per heavy atom. The van der Waals surface area contributed by atoms with E-state index >= 15 is 0 Å². The smallest absolute Gasteiger partial charge is 0.139 e. The number of rotatable bonds is 0. The van der Waals surface area contributed by atoms with Crippen LogP contribution in [-0.2, 0) is 0 Å². The van der Waals surface area contributed by atoms with Gasteiger partial charge in [0.2, 0.25) is 0 Å². The molecule has 0 N–H and O–H groups in total. The zero-order chi connectivity index (χ0) is 9.54. The molecule has 0 nitrogen and oxygen atoms in total. The van der Waals surface area contributed by atoms with Gasteiger partial charge in [-0.15, -0.1) is 24.8 Å². The van der Waals surface area contributed by atoms with Gasteiger partial charge in [0.25, 0.3) is 0 Å². The van der Waals surface area contributed by atoms with Crippen molar-refractivity contribution in [1.29, 1.82) is 0 Å². The fourth-order valence-corrected chi connectivity index (χ4v) is 2.78. The van der Waals surface area contributed by atoms with Gasteiger partial charge in [-0.2, -0.15) is 0 Å². The van der Waals surface area contributed by atoms with E-state index in [1.807, 2.05) is 0 Å². The van der Waals surface area contributed by atoms with Crippen LogP contribution in [0.3, 0.4) is 0 Å². The Bertz CT molecular complexity index is 451. The highest BCUT2D eigenvalue weighted by Crippen LogP contribution is 2.42. The molecule has 0 fully saturated rings. The van der Waals surface area contributed by atoms with E-state index in [2.05, 4.69) is 64.8 Å². The van der Waals surface area contributed by atoms with E-state index in [1.54, 1.807) is 0 Å². The van der Waals surface area contributed by atoms with Crippen LogP contribution in [0.1, 0.15) is 15.9 Å². The van der Waals surface area contributed by atoms with Crippen LogP contribution >= 0.6 is 24.8 Å². The van der Waals surface area contributed by atoms with Crippen LogP contribution in [0.5, 0.6) is 0 Å². The van der Waals surface area contributed by atoms with Crippen molar-refractivity contribution in [3.8, 4) is 11.1 Å². The quantitative estimate of drug-likeness (QED) is 0.636. The first-order chi connectivity index (χ1) is 6.88. The molecule has 0 saturated heterocycles. The molecule has 0 bridgehead atoms. The second-order valence-electron chi connectivity index (χ2n) is 3.65. The first kappa shape index (κ1) is 13.6. The summed E-state index contributed by atoms with van der Waals surface area (Å²) in [5.74, 6) is 0. The average Bonchev–Trinajstić information content (AvgIpc) is 2.55. The van der Waals surface area contributed by atoms with Crippen LogP contribution in [0.4, 0.5) is 0 Å². The summed E-state index contributed by atoms with van der Waals surface area (Å²) in [5, 5.41) is 0. The number of fused-ring (bicyclic) bond motifs is 3. The second-order valence-corrected chi connectivity index (χ2v) is 4.32. The van der Waals surface area contributed by atoms with E-state index in [4.69, 9.17) is 0 Å². The molecule has 2 radical (unpaired) electrons. The fourth-order valence-electron chi connectivity index (χ4n) is 2.19. The van der Waals surface area contributed by atoms with Crippen molar-refractivity contribution >= 4 is 41.1 Å². The summed E-state index contributed by atoms with van der Waals surface area (Å²) in [6.07, 6.45) is 0. The Balaban J connectivity index is 0.000000640. The maximum Gasteiger partial charge on any atom is 0.139 e. The Labute approximate surface area is 116 Å². The molecule has 2 aromatic carbocycles. The maximum atomic E-state index is 2.93. The van der Waals surface area contributed by atoms with Crippen molar-refractivity contribution in [3.05, 3.63) is 59.7 Å². The monoisotopic (exact) mass is 264 g/mol. The lowest BCUT2D eigenvalue weighted by atomic mass is 10.1. The summed E-state index contributed by atoms with van der Waals surface area (Å²) >= 11 is 2.93. The molecule has 0 saturated carbocycles. The van der Waals surface area contributed by atoms with Gasteiger partial charge in [-0.3, -0.25) is 0 Å². The third-order valence-corrected chi connectivity index (χ3v) is 3.60. The van der Waals surface area contributed by atoms with Crippen LogP contribution in [0.2, 0.25) is 0 Å². The normalized spacial score (nSPS) is 12.0. The maximum absolute atomic E-state index is 2.93. The molecule has 1 aliphatic carbocycles. The zero-order valence-electron chi connectivity index (χ0n) is 8.59. The number of hydrogen-bond donors (Lipinski definition) is 0. The van der Waals surface area contributed by atoms with Crippen LogP contribution in [0.15, 0.2) is 48.5 Å². The van der Waals surface area contributed by atoms with Gasteiger partial charge in [0.05, 0.1) is 0 Å². The molecule has 16 heavy (non-hydrogen) atoms. The first-order valence-corrected chi connectivity index (χ1v) is 5.48. The summed E-state index contributed by atoms with van der Waals surface area (Å²) in [7, 11) is 0. The average molecular weight is 265 g/mol. The van der Waals surface area contributed by atoms with E-state index in [0.717, 1.165) is 0 Å². The molecule has 0 spiro atoms. The van der Waals surface area contributed by atoms with Gasteiger partial charge in [0, 0.05) is 0 Å². The summed E-state index contributed by atoms with van der Waals surface area (Å²) in [6.45, 7) is 0. The van der Waals surface area contributed by atoms with Gasteiger partial charge >= 0.3 is 0 Å². The molecule has 0 amide bonds. The van der Waals surface area contributed by atoms with Crippen molar-refractivity contribution < 1.29 is 0 Å². The third-order valence-electron chi connectivity index (χ3n) is 2.88. The van der Waals surface area contributed by atoms with Gasteiger partial charge in [-0.05, 0) is 22.3 Å². The highest BCUT2D eigenvalue weighted by Gasteiger charge is 2.22. The first-order valence-electron chi connectivity index (χ1n) is 4.82. The molecular weight excluding hydrogens is 254 g/mol. The van der Waals surface area contributed by atoms with Crippen LogP contribution in [0.25, 0.3) is 11.1 Å². The molecule has 0 atom stereocenters. The topological polar surface area (TPSA) is 0 Å². The van der Waals surface area contributed by atoms with E-state index in [1.165, 1.54) is 22.3 Å². The predicted octanol–water partition coefficient (Wildman–Crippen LogP) is 3.77. The minimum absolute atomic E-state index is 0. The summed E-state index contributed by atoms with van der Waals surface area (Å²) in [5.41, 5.74) is 5.64. The summed E-state index contributed by atoms with van der Waals surface area (Å²) in [4.78, 5) is 0. The SMILES string of the molecule is Cl.Cl.[Al][CH]1c2ccccc2-c2ccccc21. The minimum atomic E-state index is 0. The highest BCUT2D eigenvalue weighted by atomic mass is 35.5. The van der Waals surface area contributed by atoms with Crippen molar-refractivity contribution in [2.45, 2.75) is 4.78 Å². The van der Waals surface area contributed by atoms with Gasteiger partial charge in [-0.25, -0.2) is 0 Å². The zero-order valence-corrected chi connectivity index (χ0v) is 11.4. The van der Waals surface area contributed by atoms with Gasteiger partial charge < -0.3 is 0 Å². The molecule has 0 aliphatic heterocycles. The van der Waals surface area contributed by atoms with Gasteiger partial charge in [-0.1, -0.05) is 53.3 Å². The van der Waals surface area contributed by atoms with Gasteiger partial charge in [0.15, 0.2) is 0 Å². The Morgan fingerprint density at radius 3 is 1.50 bits per heavy atom. The molecule has 0 heterocycles. The molecule has 80 valence electrons. The number of hydrogen-bond acceptors (Lipinski definition) is 0. The molecular formula is C13H11AlCl2. The molecule has 0 unspecified atom stereocenters. The molecule has 3 rings (SSSR count). The number of benzene rings is 2. The largest absolute Gasteiger partial charge is 0.147 e. The third kappa shape index (κ3) is 1.90. The minimum Gasteiger partial charge on any atom is -0.147 e. The lowest BCUT2D eigenvalue weighted by molar-refractivity contribution is 1.20. The lowest BCUT2D eigenvalue weighted by Crippen LogP contribution is -1.93. The van der Waals surface area contributed by atoms with Crippen LogP contribution in [0, 0.1) is 0 Å². The van der Waals surface area contributed by atoms with E-state index < -0.39 is 0 Å². The Morgan fingerprint density at radius 1 is 0.688 bits per heavy atom. The molecule has 2 aromatic rings. The van der Waals surface area contributed by atoms with Crippen molar-refractivity contribution in [2.75, 3.05) is 0 Å². The summed E-state index contributed by atoms with van der Waals surface area (Å²) < 4.78 is 0.474. The fraction of sp³-hybridized carbons (Fsp3) is 0.0769. The van der Waals surface area contributed by atoms with E-state index in [0.29, 0.717) is 4.78 Å². The lowest BCUT2D eigenvalue weighted by Gasteiger charge is -2.05.